The number of hydrogen-bond acceptors (Lipinski definition) is 12. The summed E-state index contributed by atoms with van der Waals surface area (Å²) in [6.07, 6.45) is -0.272. The molecule has 0 spiro atoms. The molecule has 0 radical (unpaired) electrons. The van der Waals surface area contributed by atoms with Crippen LogP contribution in [0.25, 0.3) is 21.9 Å². The number of benzene rings is 3. The topological polar surface area (TPSA) is 178 Å². The number of esters is 1. The minimum absolute atomic E-state index is 0.118. The maximum absolute atomic E-state index is 12.9. The van der Waals surface area contributed by atoms with Crippen molar-refractivity contribution >= 4 is 61.3 Å². The van der Waals surface area contributed by atoms with E-state index >= 15 is 0 Å². The highest BCUT2D eigenvalue weighted by molar-refractivity contribution is 7.89. The first-order valence-electron chi connectivity index (χ1n) is 18.3. The Labute approximate surface area is 325 Å². The predicted molar refractivity (Wildman–Crippen MR) is 211 cm³/mol. The Kier molecular flexibility index (Phi) is 11.8. The Morgan fingerprint density at radius 2 is 1.25 bits per heavy atom. The number of ether oxygens (including phenoxy) is 3. The molecule has 0 atom stereocenters. The number of nitrogens with zero attached hydrogens (tertiary/aromatic N) is 4. The molecular weight excluding hydrogens is 743 g/mol. The minimum Gasteiger partial charge on any atom is -0.497 e. The molecule has 2 aromatic heterocycles. The highest BCUT2D eigenvalue weighted by Crippen LogP contribution is 2.29. The average molecular weight is 790 g/mol. The molecule has 0 aliphatic carbocycles. The summed E-state index contributed by atoms with van der Waals surface area (Å²) in [6.45, 7) is 12.2. The molecule has 2 N–H and O–H groups in total. The number of anilines is 2. The number of primary amides is 1. The molecule has 7 rings (SSSR count). The van der Waals surface area contributed by atoms with Crippen LogP contribution in [0.4, 0.5) is 16.2 Å². The van der Waals surface area contributed by atoms with E-state index in [1.807, 2.05) is 51.1 Å². The van der Waals surface area contributed by atoms with Gasteiger partial charge < -0.3 is 43.5 Å². The zero-order valence-electron chi connectivity index (χ0n) is 32.1. The van der Waals surface area contributed by atoms with Crippen molar-refractivity contribution in [1.29, 1.82) is 0 Å². The monoisotopic (exact) mass is 789 g/mol. The minimum atomic E-state index is -3.55. The van der Waals surface area contributed by atoms with Gasteiger partial charge in [0, 0.05) is 74.5 Å². The fourth-order valence-electron chi connectivity index (χ4n) is 6.44. The number of furan rings is 2. The summed E-state index contributed by atoms with van der Waals surface area (Å²) >= 11 is 0. The van der Waals surface area contributed by atoms with Crippen LogP contribution in [0.3, 0.4) is 0 Å². The van der Waals surface area contributed by atoms with Gasteiger partial charge in [-0.2, -0.15) is 4.31 Å². The van der Waals surface area contributed by atoms with Gasteiger partial charge in [0.05, 0.1) is 18.6 Å². The lowest BCUT2D eigenvalue weighted by Gasteiger charge is -2.36. The van der Waals surface area contributed by atoms with Crippen LogP contribution in [0.2, 0.25) is 0 Å². The maximum atomic E-state index is 12.9. The van der Waals surface area contributed by atoms with Crippen molar-refractivity contribution in [3.63, 3.8) is 0 Å². The van der Waals surface area contributed by atoms with E-state index in [0.29, 0.717) is 75.9 Å². The molecule has 0 unspecified atom stereocenters. The third-order valence-corrected chi connectivity index (χ3v) is 11.2. The zero-order valence-corrected chi connectivity index (χ0v) is 33.0. The predicted octanol–water partition coefficient (Wildman–Crippen LogP) is 5.72. The third kappa shape index (κ3) is 9.20. The Balaban J connectivity index is 0.000000190. The highest BCUT2D eigenvalue weighted by Gasteiger charge is 2.29. The molecule has 298 valence electrons. The van der Waals surface area contributed by atoms with Crippen LogP contribution in [0.5, 0.6) is 5.75 Å². The molecule has 2 aliphatic heterocycles. The molecule has 56 heavy (non-hydrogen) atoms. The largest absolute Gasteiger partial charge is 0.497 e. The normalized spacial score (nSPS) is 15.3. The second kappa shape index (κ2) is 16.5. The Morgan fingerprint density at radius 1 is 0.732 bits per heavy atom. The van der Waals surface area contributed by atoms with Crippen LogP contribution in [0.1, 0.15) is 48.8 Å². The lowest BCUT2D eigenvalue weighted by Crippen LogP contribution is -2.50. The van der Waals surface area contributed by atoms with Gasteiger partial charge in [0.2, 0.25) is 15.8 Å². The number of amides is 2. The molecule has 4 heterocycles. The molecule has 2 aliphatic rings. The van der Waals surface area contributed by atoms with Crippen LogP contribution in [0, 0.1) is 0 Å². The van der Waals surface area contributed by atoms with Crippen molar-refractivity contribution in [1.82, 2.24) is 9.21 Å². The number of piperazine rings is 2. The summed E-state index contributed by atoms with van der Waals surface area (Å²) in [5.41, 5.74) is 7.98. The number of methoxy groups -OCH3 is 1. The van der Waals surface area contributed by atoms with Gasteiger partial charge in [-0.25, -0.2) is 18.0 Å². The summed E-state index contributed by atoms with van der Waals surface area (Å²) in [5.74, 6) is -0.129. The number of sulfonamides is 1. The van der Waals surface area contributed by atoms with Crippen LogP contribution < -0.4 is 20.3 Å². The number of rotatable bonds is 8. The maximum Gasteiger partial charge on any atom is 0.410 e. The molecule has 0 saturated carbocycles. The number of carbonyl (C=O) groups is 3. The van der Waals surface area contributed by atoms with E-state index in [2.05, 4.69) is 9.80 Å². The first kappa shape index (κ1) is 39.9. The van der Waals surface area contributed by atoms with Gasteiger partial charge >= 0.3 is 12.1 Å². The van der Waals surface area contributed by atoms with Gasteiger partial charge in [0.1, 0.15) is 22.5 Å². The van der Waals surface area contributed by atoms with Crippen LogP contribution in [-0.2, 0) is 19.5 Å². The van der Waals surface area contributed by atoms with Crippen molar-refractivity contribution in [2.24, 2.45) is 5.73 Å². The second-order valence-electron chi connectivity index (χ2n) is 14.3. The molecule has 3 aromatic carbocycles. The number of hydrogen-bond donors (Lipinski definition) is 1. The average Bonchev–Trinajstić information content (AvgIpc) is 3.82. The van der Waals surface area contributed by atoms with E-state index in [4.69, 9.17) is 28.8 Å². The standard InChI is InChI=1S/C20H21N3O5S.C20H26N2O5/c1-27-16-3-5-17(6-4-16)29(25,26)23-10-8-22(9-11-23)15-2-7-18-14(12-15)13-19(28-18)20(21)24;1-5-25-18(23)17-13-14-12-15(6-7-16(14)26-17)21-8-10-22(11-9-21)19(24)27-20(2,3)4/h2-7,12-13H,8-11H2,1H3,(H2,21,24);6-7,12-13H,5,8-11H2,1-4H3. The van der Waals surface area contributed by atoms with Gasteiger partial charge in [0.15, 0.2) is 5.76 Å². The van der Waals surface area contributed by atoms with Gasteiger partial charge in [-0.3, -0.25) is 4.79 Å². The molecular formula is C40H47N5O10S. The molecule has 2 saturated heterocycles. The molecule has 2 fully saturated rings. The van der Waals surface area contributed by atoms with E-state index < -0.39 is 27.5 Å². The second-order valence-corrected chi connectivity index (χ2v) is 16.2. The van der Waals surface area contributed by atoms with E-state index in [-0.39, 0.29) is 22.5 Å². The lowest BCUT2D eigenvalue weighted by atomic mass is 10.2. The first-order valence-corrected chi connectivity index (χ1v) is 19.8. The fourth-order valence-corrected chi connectivity index (χ4v) is 7.86. The summed E-state index contributed by atoms with van der Waals surface area (Å²) < 4.78 is 53.7. The van der Waals surface area contributed by atoms with Crippen molar-refractivity contribution < 1.29 is 45.8 Å². The number of fused-ring (bicyclic) bond motifs is 2. The Bertz CT molecular complexity index is 2300. The molecule has 5 aromatic rings. The van der Waals surface area contributed by atoms with Crippen LogP contribution >= 0.6 is 0 Å². The van der Waals surface area contributed by atoms with Crippen molar-refractivity contribution in [3.8, 4) is 5.75 Å². The quantitative estimate of drug-likeness (QED) is 0.190. The number of carbonyl (C=O) groups excluding carboxylic acids is 3. The summed E-state index contributed by atoms with van der Waals surface area (Å²) in [5, 5.41) is 1.63. The van der Waals surface area contributed by atoms with E-state index in [1.54, 1.807) is 54.3 Å². The summed E-state index contributed by atoms with van der Waals surface area (Å²) in [6, 6.07) is 21.1. The Morgan fingerprint density at radius 3 is 1.75 bits per heavy atom. The van der Waals surface area contributed by atoms with Crippen LogP contribution in [0.15, 0.2) is 86.5 Å². The van der Waals surface area contributed by atoms with Gasteiger partial charge in [-0.1, -0.05) is 0 Å². The third-order valence-electron chi connectivity index (χ3n) is 9.32. The van der Waals surface area contributed by atoms with Gasteiger partial charge in [-0.15, -0.1) is 0 Å². The summed E-state index contributed by atoms with van der Waals surface area (Å²) in [7, 11) is -2.01. The smallest absolute Gasteiger partial charge is 0.410 e. The molecule has 16 heteroatoms. The highest BCUT2D eigenvalue weighted by atomic mass is 32.2. The van der Waals surface area contributed by atoms with Crippen molar-refractivity contribution in [2.75, 3.05) is 75.9 Å². The van der Waals surface area contributed by atoms with E-state index in [0.717, 1.165) is 22.1 Å². The molecule has 15 nitrogen and oxygen atoms in total. The SMILES string of the molecule is CCOC(=O)c1cc2cc(N3CCN(C(=O)OC(C)(C)C)CC3)ccc2o1.COc1ccc(S(=O)(=O)N2CCN(c3ccc4oc(C(N)=O)cc4c3)CC2)cc1. The van der Waals surface area contributed by atoms with Crippen molar-refractivity contribution in [2.45, 2.75) is 38.2 Å². The number of nitrogens with two attached hydrogens (primary N) is 1. The molecule has 2 amide bonds. The fraction of sp³-hybridized carbons (Fsp3) is 0.375. The van der Waals surface area contributed by atoms with Gasteiger partial charge in [-0.05, 0) is 100 Å². The van der Waals surface area contributed by atoms with E-state index in [9.17, 15) is 22.8 Å². The van der Waals surface area contributed by atoms with Crippen molar-refractivity contribution in [3.05, 3.63) is 84.3 Å². The summed E-state index contributed by atoms with van der Waals surface area (Å²) in [4.78, 5) is 41.6. The lowest BCUT2D eigenvalue weighted by molar-refractivity contribution is 0.0240. The Hall–Kier alpha value is -5.74. The van der Waals surface area contributed by atoms with Crippen LogP contribution in [-0.4, -0.2) is 107 Å². The van der Waals surface area contributed by atoms with Gasteiger partial charge in [0.25, 0.3) is 5.91 Å². The zero-order chi connectivity index (χ0) is 40.2. The van der Waals surface area contributed by atoms with E-state index in [1.165, 1.54) is 11.4 Å². The molecule has 0 bridgehead atoms. The first-order chi connectivity index (χ1) is 26.6.